The van der Waals surface area contributed by atoms with Gasteiger partial charge >= 0.3 is 0 Å². The Morgan fingerprint density at radius 2 is 1.90 bits per heavy atom. The number of aliphatic hydroxyl groups is 1. The number of aliphatic hydroxyl groups excluding tert-OH is 1. The van der Waals surface area contributed by atoms with E-state index in [1.807, 2.05) is 0 Å². The number of allylic oxidation sites excluding steroid dienone is 1. The topological polar surface area (TPSA) is 20.2 Å². The van der Waals surface area contributed by atoms with E-state index in [-0.39, 0.29) is 6.10 Å². The van der Waals surface area contributed by atoms with E-state index in [2.05, 4.69) is 26.8 Å². The molecule has 0 radical (unpaired) electrons. The van der Waals surface area contributed by atoms with Crippen LogP contribution in [0.15, 0.2) is 11.6 Å². The normalized spacial score (nSPS) is 45.8. The Kier molecular flexibility index (Phi) is 5.76. The summed E-state index contributed by atoms with van der Waals surface area (Å²) < 4.78 is 13.9. The molecule has 0 aromatic heterocycles. The summed E-state index contributed by atoms with van der Waals surface area (Å²) in [5.74, 6) is 4.09. The van der Waals surface area contributed by atoms with Crippen molar-refractivity contribution in [2.45, 2.75) is 117 Å². The fourth-order valence-corrected chi connectivity index (χ4v) is 8.66. The molecule has 4 aliphatic rings. The van der Waals surface area contributed by atoms with Gasteiger partial charge in [-0.3, -0.25) is 0 Å². The van der Waals surface area contributed by atoms with Crippen molar-refractivity contribution in [3.8, 4) is 0 Å². The fourth-order valence-electron chi connectivity index (χ4n) is 8.66. The Morgan fingerprint density at radius 3 is 2.62 bits per heavy atom. The minimum Gasteiger partial charge on any atom is -0.393 e. The fraction of sp³-hybridized carbons (Fsp3) is 0.926. The average molecular weight is 405 g/mol. The van der Waals surface area contributed by atoms with E-state index < -0.39 is 5.67 Å². The summed E-state index contributed by atoms with van der Waals surface area (Å²) in [6.45, 7) is 11.0. The lowest BCUT2D eigenvalue weighted by molar-refractivity contribution is -0.0574. The lowest BCUT2D eigenvalue weighted by Gasteiger charge is -2.58. The van der Waals surface area contributed by atoms with Crippen LogP contribution in [-0.2, 0) is 0 Å². The van der Waals surface area contributed by atoms with Gasteiger partial charge in [0.05, 0.1) is 6.10 Å². The zero-order valence-corrected chi connectivity index (χ0v) is 19.6. The monoisotopic (exact) mass is 404 g/mol. The van der Waals surface area contributed by atoms with E-state index in [9.17, 15) is 9.50 Å². The lowest BCUT2D eigenvalue weighted by Crippen LogP contribution is -2.50. The average Bonchev–Trinajstić information content (AvgIpc) is 2.98. The summed E-state index contributed by atoms with van der Waals surface area (Å²) >= 11 is 0. The largest absolute Gasteiger partial charge is 0.393 e. The predicted molar refractivity (Wildman–Crippen MR) is 119 cm³/mol. The van der Waals surface area contributed by atoms with Crippen molar-refractivity contribution in [1.29, 1.82) is 0 Å². The van der Waals surface area contributed by atoms with Gasteiger partial charge in [0.2, 0.25) is 0 Å². The Bertz CT molecular complexity index is 633. The molecule has 3 saturated carbocycles. The van der Waals surface area contributed by atoms with Crippen molar-refractivity contribution < 1.29 is 9.50 Å². The number of alkyl halides is 1. The molecule has 166 valence electrons. The Morgan fingerprint density at radius 1 is 1.14 bits per heavy atom. The second-order valence-electron chi connectivity index (χ2n) is 12.5. The molecule has 3 fully saturated rings. The first-order chi connectivity index (χ1) is 13.5. The van der Waals surface area contributed by atoms with Gasteiger partial charge in [0.1, 0.15) is 5.67 Å². The summed E-state index contributed by atoms with van der Waals surface area (Å²) in [7, 11) is 0. The van der Waals surface area contributed by atoms with Crippen LogP contribution >= 0.6 is 0 Å². The van der Waals surface area contributed by atoms with Gasteiger partial charge in [0.15, 0.2) is 0 Å². The van der Waals surface area contributed by atoms with Gasteiger partial charge in [0.25, 0.3) is 0 Å². The molecule has 0 aromatic carbocycles. The molecule has 2 heteroatoms. The highest BCUT2D eigenvalue weighted by Gasteiger charge is 2.59. The quantitative estimate of drug-likeness (QED) is 0.471. The van der Waals surface area contributed by atoms with E-state index in [0.29, 0.717) is 17.3 Å². The predicted octanol–water partition coefficient (Wildman–Crippen LogP) is 7.48. The summed E-state index contributed by atoms with van der Waals surface area (Å²) in [5, 5.41) is 10.2. The van der Waals surface area contributed by atoms with Gasteiger partial charge in [-0.1, -0.05) is 45.3 Å². The minimum atomic E-state index is -1.02. The minimum absolute atomic E-state index is 0.106. The molecule has 1 nitrogen and oxygen atoms in total. The van der Waals surface area contributed by atoms with E-state index in [1.165, 1.54) is 44.9 Å². The zero-order chi connectivity index (χ0) is 21.0. The van der Waals surface area contributed by atoms with E-state index in [4.69, 9.17) is 0 Å². The molecule has 4 aliphatic carbocycles. The van der Waals surface area contributed by atoms with Gasteiger partial charge in [-0.15, -0.1) is 0 Å². The molecular formula is C27H45FO. The van der Waals surface area contributed by atoms with Gasteiger partial charge in [-0.25, -0.2) is 4.39 Å². The van der Waals surface area contributed by atoms with E-state index in [1.54, 1.807) is 19.4 Å². The molecule has 0 spiro atoms. The van der Waals surface area contributed by atoms with Crippen LogP contribution in [0.2, 0.25) is 0 Å². The maximum absolute atomic E-state index is 13.9. The maximum atomic E-state index is 13.9. The molecule has 29 heavy (non-hydrogen) atoms. The number of halogens is 1. The van der Waals surface area contributed by atoms with Crippen LogP contribution < -0.4 is 0 Å². The maximum Gasteiger partial charge on any atom is 0.105 e. The van der Waals surface area contributed by atoms with Crippen molar-refractivity contribution in [2.75, 3.05) is 0 Å². The van der Waals surface area contributed by atoms with E-state index >= 15 is 0 Å². The number of fused-ring (bicyclic) bond motifs is 5. The molecule has 0 saturated heterocycles. The first-order valence-corrected chi connectivity index (χ1v) is 12.6. The van der Waals surface area contributed by atoms with Crippen LogP contribution in [0.1, 0.15) is 105 Å². The van der Waals surface area contributed by atoms with Crippen molar-refractivity contribution in [3.63, 3.8) is 0 Å². The Labute approximate surface area is 178 Å². The Balaban J connectivity index is 1.47. The molecular weight excluding hydrogens is 359 g/mol. The molecule has 0 aliphatic heterocycles. The SMILES string of the molecule is C[C@H](CCCC(C)(C)F)[C@H]1CC[C@H]2[C@@H]3CC=C4C[C@@H](O)CC[C@]4(C)[C@H]3CC[C@]12C. The van der Waals surface area contributed by atoms with Gasteiger partial charge < -0.3 is 5.11 Å². The summed E-state index contributed by atoms with van der Waals surface area (Å²) in [6.07, 6.45) is 15.3. The first kappa shape index (κ1) is 21.8. The van der Waals surface area contributed by atoms with Crippen molar-refractivity contribution in [3.05, 3.63) is 11.6 Å². The zero-order valence-electron chi connectivity index (χ0n) is 19.6. The summed E-state index contributed by atoms with van der Waals surface area (Å²) in [5.41, 5.74) is 1.40. The molecule has 0 heterocycles. The van der Waals surface area contributed by atoms with Gasteiger partial charge in [0, 0.05) is 0 Å². The third-order valence-corrected chi connectivity index (χ3v) is 10.3. The van der Waals surface area contributed by atoms with Crippen LogP contribution in [0.3, 0.4) is 0 Å². The molecule has 0 amide bonds. The molecule has 0 aromatic rings. The van der Waals surface area contributed by atoms with Gasteiger partial charge in [-0.2, -0.15) is 0 Å². The Hall–Kier alpha value is -0.370. The second kappa shape index (κ2) is 7.64. The first-order valence-electron chi connectivity index (χ1n) is 12.6. The third kappa shape index (κ3) is 3.85. The highest BCUT2D eigenvalue weighted by Crippen LogP contribution is 2.67. The van der Waals surface area contributed by atoms with Crippen LogP contribution in [0, 0.1) is 40.4 Å². The highest BCUT2D eigenvalue weighted by molar-refractivity contribution is 5.25. The van der Waals surface area contributed by atoms with Crippen LogP contribution in [-0.4, -0.2) is 16.9 Å². The second-order valence-corrected chi connectivity index (χ2v) is 12.5. The molecule has 0 bridgehead atoms. The summed E-state index contributed by atoms with van der Waals surface area (Å²) in [6, 6.07) is 0. The van der Waals surface area contributed by atoms with Crippen LogP contribution in [0.25, 0.3) is 0 Å². The molecule has 4 rings (SSSR count). The smallest absolute Gasteiger partial charge is 0.105 e. The van der Waals surface area contributed by atoms with Gasteiger partial charge in [-0.05, 0) is 112 Å². The highest BCUT2D eigenvalue weighted by atomic mass is 19.1. The lowest BCUT2D eigenvalue weighted by atomic mass is 9.47. The number of hydrogen-bond donors (Lipinski definition) is 1. The van der Waals surface area contributed by atoms with E-state index in [0.717, 1.165) is 48.9 Å². The third-order valence-electron chi connectivity index (χ3n) is 10.3. The van der Waals surface area contributed by atoms with Crippen LogP contribution in [0.5, 0.6) is 0 Å². The molecule has 8 atom stereocenters. The summed E-state index contributed by atoms with van der Waals surface area (Å²) in [4.78, 5) is 0. The molecule has 1 N–H and O–H groups in total. The number of hydrogen-bond acceptors (Lipinski definition) is 1. The standard InChI is InChI=1S/C27H45FO/c1-18(7-6-14-25(2,3)28)22-10-11-23-21-9-8-19-17-20(29)12-15-26(19,4)24(21)13-16-27(22,23)5/h8,18,20-24,29H,6-7,9-17H2,1-5H3/t18-,20+,21+,22-,23+,24+,26+,27-/m1/s1. The van der Waals surface area contributed by atoms with Crippen LogP contribution in [0.4, 0.5) is 4.39 Å². The van der Waals surface area contributed by atoms with Crippen molar-refractivity contribution in [1.82, 2.24) is 0 Å². The molecule has 0 unspecified atom stereocenters. The van der Waals surface area contributed by atoms with Crippen molar-refractivity contribution >= 4 is 0 Å². The van der Waals surface area contributed by atoms with Crippen molar-refractivity contribution in [2.24, 2.45) is 40.4 Å². The number of rotatable bonds is 5.